The van der Waals surface area contributed by atoms with E-state index in [0.29, 0.717) is 6.54 Å². The fourth-order valence-corrected chi connectivity index (χ4v) is 1.55. The average molecular weight is 209 g/mol. The molecule has 0 spiro atoms. The Morgan fingerprint density at radius 1 is 1.47 bits per heavy atom. The highest BCUT2D eigenvalue weighted by atomic mass is 16.3. The van der Waals surface area contributed by atoms with Crippen LogP contribution in [0.5, 0.6) is 0 Å². The number of pyridine rings is 1. The van der Waals surface area contributed by atoms with Gasteiger partial charge in [-0.3, -0.25) is 0 Å². The summed E-state index contributed by atoms with van der Waals surface area (Å²) in [5, 5.41) is 11.9. The number of hydrogen-bond acceptors (Lipinski definition) is 4. The molecule has 15 heavy (non-hydrogen) atoms. The van der Waals surface area contributed by atoms with Crippen LogP contribution in [-0.4, -0.2) is 23.2 Å². The van der Waals surface area contributed by atoms with E-state index in [1.807, 2.05) is 19.9 Å². The first-order valence-corrected chi connectivity index (χ1v) is 5.21. The van der Waals surface area contributed by atoms with E-state index in [2.05, 4.69) is 10.3 Å². The molecule has 4 N–H and O–H groups in total. The number of nitrogens with one attached hydrogen (secondary N) is 1. The number of aliphatic hydroxyl groups is 1. The summed E-state index contributed by atoms with van der Waals surface area (Å²) in [7, 11) is 0. The Morgan fingerprint density at radius 2 is 2.20 bits per heavy atom. The molecular weight excluding hydrogens is 190 g/mol. The highest BCUT2D eigenvalue weighted by molar-refractivity contribution is 5.49. The molecule has 0 bridgehead atoms. The van der Waals surface area contributed by atoms with Gasteiger partial charge in [0.1, 0.15) is 5.82 Å². The molecule has 0 aromatic carbocycles. The van der Waals surface area contributed by atoms with Crippen LogP contribution in [0.25, 0.3) is 0 Å². The molecule has 0 saturated heterocycles. The summed E-state index contributed by atoms with van der Waals surface area (Å²) < 4.78 is 0. The van der Waals surface area contributed by atoms with Gasteiger partial charge in [-0.05, 0) is 31.9 Å². The molecule has 0 aliphatic heterocycles. The molecule has 0 aliphatic rings. The maximum Gasteiger partial charge on any atom is 0.131 e. The van der Waals surface area contributed by atoms with Gasteiger partial charge >= 0.3 is 0 Å². The molecule has 0 aliphatic carbocycles. The minimum absolute atomic E-state index is 0.190. The first kappa shape index (κ1) is 11.9. The van der Waals surface area contributed by atoms with Crippen molar-refractivity contribution >= 4 is 5.82 Å². The van der Waals surface area contributed by atoms with Crippen molar-refractivity contribution in [1.82, 2.24) is 4.98 Å². The number of nitrogens with two attached hydrogens (primary N) is 1. The van der Waals surface area contributed by atoms with Gasteiger partial charge in [-0.2, -0.15) is 0 Å². The Hall–Kier alpha value is -1.13. The summed E-state index contributed by atoms with van der Waals surface area (Å²) in [5.74, 6) is 0.850. The summed E-state index contributed by atoms with van der Waals surface area (Å²) in [5.41, 5.74) is 8.88. The minimum atomic E-state index is 0.190. The van der Waals surface area contributed by atoms with Gasteiger partial charge in [-0.15, -0.1) is 0 Å². The Morgan fingerprint density at radius 3 is 2.80 bits per heavy atom. The van der Waals surface area contributed by atoms with Crippen LogP contribution >= 0.6 is 0 Å². The lowest BCUT2D eigenvalue weighted by Crippen LogP contribution is -2.11. The first-order valence-electron chi connectivity index (χ1n) is 5.21. The largest absolute Gasteiger partial charge is 0.396 e. The Kier molecular flexibility index (Phi) is 4.52. The summed E-state index contributed by atoms with van der Waals surface area (Å²) in [6.45, 7) is 5.40. The predicted molar refractivity (Wildman–Crippen MR) is 61.8 cm³/mol. The van der Waals surface area contributed by atoms with Gasteiger partial charge in [0.2, 0.25) is 0 Å². The molecule has 1 aromatic heterocycles. The standard InChI is InChI=1S/C11H19N3O/c1-8-6-9(2)14-11(10(8)7-12)13-4-3-5-15/h6,15H,3-5,7,12H2,1-2H3,(H,13,14). The number of nitrogens with zero attached hydrogens (tertiary/aromatic N) is 1. The molecule has 1 rings (SSSR count). The number of aryl methyl sites for hydroxylation is 2. The third-order valence-electron chi connectivity index (χ3n) is 2.31. The molecule has 0 saturated carbocycles. The van der Waals surface area contributed by atoms with Gasteiger partial charge in [-0.1, -0.05) is 0 Å². The maximum absolute atomic E-state index is 8.69. The van der Waals surface area contributed by atoms with Crippen molar-refractivity contribution < 1.29 is 5.11 Å². The maximum atomic E-state index is 8.69. The summed E-state index contributed by atoms with van der Waals surface area (Å²) in [6.07, 6.45) is 0.721. The molecule has 84 valence electrons. The van der Waals surface area contributed by atoms with Gasteiger partial charge in [0.25, 0.3) is 0 Å². The fourth-order valence-electron chi connectivity index (χ4n) is 1.55. The van der Waals surface area contributed by atoms with Gasteiger partial charge < -0.3 is 16.2 Å². The van der Waals surface area contributed by atoms with Crippen LogP contribution in [0.2, 0.25) is 0 Å². The normalized spacial score (nSPS) is 10.4. The van der Waals surface area contributed by atoms with Crippen LogP contribution in [-0.2, 0) is 6.54 Å². The van der Waals surface area contributed by atoms with Crippen molar-refractivity contribution in [2.45, 2.75) is 26.8 Å². The molecule has 1 aromatic rings. The Labute approximate surface area is 90.5 Å². The van der Waals surface area contributed by atoms with Crippen molar-refractivity contribution in [2.24, 2.45) is 5.73 Å². The van der Waals surface area contributed by atoms with Gasteiger partial charge in [0, 0.05) is 31.0 Å². The second-order valence-corrected chi connectivity index (χ2v) is 3.62. The molecule has 4 nitrogen and oxygen atoms in total. The molecule has 0 unspecified atom stereocenters. The smallest absolute Gasteiger partial charge is 0.131 e. The van der Waals surface area contributed by atoms with E-state index in [1.54, 1.807) is 0 Å². The SMILES string of the molecule is Cc1cc(C)c(CN)c(NCCCO)n1. The van der Waals surface area contributed by atoms with Gasteiger partial charge in [0.05, 0.1) is 0 Å². The predicted octanol–water partition coefficient (Wildman–Crippen LogP) is 0.951. The van der Waals surface area contributed by atoms with Crippen LogP contribution in [0.15, 0.2) is 6.07 Å². The second-order valence-electron chi connectivity index (χ2n) is 3.62. The lowest BCUT2D eigenvalue weighted by atomic mass is 10.1. The lowest BCUT2D eigenvalue weighted by Gasteiger charge is -2.12. The van der Waals surface area contributed by atoms with Crippen molar-refractivity contribution in [3.05, 3.63) is 22.9 Å². The van der Waals surface area contributed by atoms with E-state index in [0.717, 1.165) is 35.6 Å². The van der Waals surface area contributed by atoms with E-state index in [9.17, 15) is 0 Å². The highest BCUT2D eigenvalue weighted by Gasteiger charge is 2.06. The van der Waals surface area contributed by atoms with Crippen LogP contribution in [0.1, 0.15) is 23.2 Å². The summed E-state index contributed by atoms with van der Waals surface area (Å²) in [4.78, 5) is 4.40. The van der Waals surface area contributed by atoms with Crippen LogP contribution in [0, 0.1) is 13.8 Å². The zero-order chi connectivity index (χ0) is 11.3. The quantitative estimate of drug-likeness (QED) is 0.631. The second kappa shape index (κ2) is 5.68. The molecular formula is C11H19N3O. The topological polar surface area (TPSA) is 71.2 Å². The molecule has 0 atom stereocenters. The van der Waals surface area contributed by atoms with Gasteiger partial charge in [0.15, 0.2) is 0 Å². The van der Waals surface area contributed by atoms with Crippen molar-refractivity contribution in [2.75, 3.05) is 18.5 Å². The average Bonchev–Trinajstić information content (AvgIpc) is 2.17. The monoisotopic (exact) mass is 209 g/mol. The van der Waals surface area contributed by atoms with E-state index in [-0.39, 0.29) is 6.61 Å². The van der Waals surface area contributed by atoms with Crippen LogP contribution in [0.3, 0.4) is 0 Å². The third-order valence-corrected chi connectivity index (χ3v) is 2.31. The Bertz CT molecular complexity index is 326. The number of hydrogen-bond donors (Lipinski definition) is 3. The van der Waals surface area contributed by atoms with Crippen LogP contribution < -0.4 is 11.1 Å². The van der Waals surface area contributed by atoms with E-state index in [1.165, 1.54) is 0 Å². The molecule has 0 fully saturated rings. The molecule has 1 heterocycles. The molecule has 4 heteroatoms. The Balaban J connectivity index is 2.84. The van der Waals surface area contributed by atoms with Crippen molar-refractivity contribution in [3.8, 4) is 0 Å². The van der Waals surface area contributed by atoms with E-state index >= 15 is 0 Å². The number of anilines is 1. The molecule has 0 amide bonds. The number of aliphatic hydroxyl groups excluding tert-OH is 1. The van der Waals surface area contributed by atoms with E-state index in [4.69, 9.17) is 10.8 Å². The van der Waals surface area contributed by atoms with Gasteiger partial charge in [-0.25, -0.2) is 4.98 Å². The summed E-state index contributed by atoms with van der Waals surface area (Å²) in [6, 6.07) is 2.03. The highest BCUT2D eigenvalue weighted by Crippen LogP contribution is 2.17. The minimum Gasteiger partial charge on any atom is -0.396 e. The third kappa shape index (κ3) is 3.18. The van der Waals surface area contributed by atoms with Crippen molar-refractivity contribution in [1.29, 1.82) is 0 Å². The number of aromatic nitrogens is 1. The van der Waals surface area contributed by atoms with Crippen LogP contribution in [0.4, 0.5) is 5.82 Å². The fraction of sp³-hybridized carbons (Fsp3) is 0.545. The van der Waals surface area contributed by atoms with E-state index < -0.39 is 0 Å². The first-order chi connectivity index (χ1) is 7.19. The molecule has 0 radical (unpaired) electrons. The zero-order valence-electron chi connectivity index (χ0n) is 9.38. The zero-order valence-corrected chi connectivity index (χ0v) is 9.38. The number of rotatable bonds is 5. The summed E-state index contributed by atoms with van der Waals surface area (Å²) >= 11 is 0. The lowest BCUT2D eigenvalue weighted by molar-refractivity contribution is 0.292. The van der Waals surface area contributed by atoms with Crippen molar-refractivity contribution in [3.63, 3.8) is 0 Å².